The molecule has 0 saturated heterocycles. The maximum atomic E-state index is 6.68. The van der Waals surface area contributed by atoms with Crippen LogP contribution in [0, 0.1) is 0 Å². The van der Waals surface area contributed by atoms with Crippen LogP contribution in [0.1, 0.15) is 0 Å². The molecule has 0 aliphatic rings. The summed E-state index contributed by atoms with van der Waals surface area (Å²) < 4.78 is 19.4. The summed E-state index contributed by atoms with van der Waals surface area (Å²) in [6.07, 6.45) is 0. The third kappa shape index (κ3) is 4.90. The predicted octanol–water partition coefficient (Wildman–Crippen LogP) is 14.5. The van der Waals surface area contributed by atoms with Crippen molar-refractivity contribution in [2.45, 2.75) is 0 Å². The van der Waals surface area contributed by atoms with Crippen molar-refractivity contribution in [2.24, 2.45) is 0 Å². The Balaban J connectivity index is 1.02. The van der Waals surface area contributed by atoms with E-state index in [-0.39, 0.29) is 0 Å². The van der Waals surface area contributed by atoms with Gasteiger partial charge in [-0.3, -0.25) is 0 Å². The number of para-hydroxylation sites is 1. The van der Waals surface area contributed by atoms with E-state index in [0.29, 0.717) is 17.5 Å². The first kappa shape index (κ1) is 32.0. The molecule has 6 heteroatoms. The smallest absolute Gasteiger partial charge is 0.164 e. The van der Waals surface area contributed by atoms with E-state index in [1.54, 1.807) is 0 Å². The summed E-state index contributed by atoms with van der Waals surface area (Å²) in [5.41, 5.74) is 9.62. The molecule has 0 amide bonds. The molecule has 0 spiro atoms. The summed E-state index contributed by atoms with van der Waals surface area (Å²) in [6, 6.07) is 60.4. The second-order valence-corrected chi connectivity index (χ2v) is 15.1. The van der Waals surface area contributed by atoms with Gasteiger partial charge in [0.25, 0.3) is 0 Å². The Morgan fingerprint density at radius 2 is 0.763 bits per heavy atom. The van der Waals surface area contributed by atoms with Gasteiger partial charge in [0.2, 0.25) is 0 Å². The van der Waals surface area contributed by atoms with Crippen molar-refractivity contribution in [1.82, 2.24) is 15.0 Å². The van der Waals surface area contributed by atoms with Gasteiger partial charge in [-0.1, -0.05) is 121 Å². The monoisotopic (exact) mass is 755 g/mol. The van der Waals surface area contributed by atoms with Crippen LogP contribution in [0.4, 0.5) is 0 Å². The fourth-order valence-electron chi connectivity index (χ4n) is 8.97. The molecular formula is C53H29N3O3. The van der Waals surface area contributed by atoms with Crippen LogP contribution >= 0.6 is 0 Å². The van der Waals surface area contributed by atoms with Crippen molar-refractivity contribution in [3.05, 3.63) is 176 Å². The summed E-state index contributed by atoms with van der Waals surface area (Å²) in [4.78, 5) is 15.7. The van der Waals surface area contributed by atoms with Crippen molar-refractivity contribution in [3.8, 4) is 45.3 Å². The number of fused-ring (bicyclic) bond motifs is 11. The topological polar surface area (TPSA) is 78.1 Å². The van der Waals surface area contributed by atoms with Crippen molar-refractivity contribution >= 4 is 87.4 Å². The van der Waals surface area contributed by atoms with Gasteiger partial charge in [0.05, 0.1) is 0 Å². The van der Waals surface area contributed by atoms with E-state index >= 15 is 0 Å². The lowest BCUT2D eigenvalue weighted by Gasteiger charge is -2.10. The Kier molecular flexibility index (Phi) is 6.63. The Hall–Kier alpha value is -8.09. The number of nitrogens with zero attached hydrogens (tertiary/aromatic N) is 3. The molecule has 0 unspecified atom stereocenters. The first-order valence-corrected chi connectivity index (χ1v) is 19.7. The molecule has 4 aromatic heterocycles. The second-order valence-electron chi connectivity index (χ2n) is 15.1. The molecule has 0 aliphatic heterocycles. The van der Waals surface area contributed by atoms with Gasteiger partial charge in [0.15, 0.2) is 17.5 Å². The highest BCUT2D eigenvalue weighted by Crippen LogP contribution is 2.43. The van der Waals surface area contributed by atoms with Crippen molar-refractivity contribution in [1.29, 1.82) is 0 Å². The Morgan fingerprint density at radius 1 is 0.271 bits per heavy atom. The van der Waals surface area contributed by atoms with Crippen LogP contribution in [0.2, 0.25) is 0 Å². The molecule has 4 heterocycles. The molecule has 59 heavy (non-hydrogen) atoms. The molecule has 0 radical (unpaired) electrons. The van der Waals surface area contributed by atoms with Crippen LogP contribution in [0.3, 0.4) is 0 Å². The van der Waals surface area contributed by atoms with Gasteiger partial charge in [-0.25, -0.2) is 15.0 Å². The molecule has 0 aliphatic carbocycles. The summed E-state index contributed by atoms with van der Waals surface area (Å²) in [5.74, 6) is 1.71. The molecule has 0 fully saturated rings. The van der Waals surface area contributed by atoms with Crippen LogP contribution in [0.25, 0.3) is 133 Å². The minimum atomic E-state index is 0.558. The van der Waals surface area contributed by atoms with E-state index in [9.17, 15) is 0 Å². The van der Waals surface area contributed by atoms with E-state index in [1.165, 1.54) is 5.39 Å². The molecule has 13 rings (SSSR count). The zero-order chi connectivity index (χ0) is 38.6. The fourth-order valence-corrected chi connectivity index (χ4v) is 8.97. The van der Waals surface area contributed by atoms with Crippen LogP contribution in [0.5, 0.6) is 0 Å². The summed E-state index contributed by atoms with van der Waals surface area (Å²) in [6.45, 7) is 0. The molecule has 0 N–H and O–H groups in total. The van der Waals surface area contributed by atoms with E-state index < -0.39 is 0 Å². The van der Waals surface area contributed by atoms with Crippen molar-refractivity contribution in [2.75, 3.05) is 0 Å². The third-order valence-corrected chi connectivity index (χ3v) is 11.7. The van der Waals surface area contributed by atoms with Gasteiger partial charge in [-0.05, 0) is 87.3 Å². The van der Waals surface area contributed by atoms with Crippen LogP contribution in [-0.4, -0.2) is 15.0 Å². The maximum Gasteiger partial charge on any atom is 0.164 e. The predicted molar refractivity (Wildman–Crippen MR) is 238 cm³/mol. The zero-order valence-electron chi connectivity index (χ0n) is 31.3. The average Bonchev–Trinajstić information content (AvgIpc) is 3.98. The lowest BCUT2D eigenvalue weighted by molar-refractivity contribution is 0.668. The van der Waals surface area contributed by atoms with E-state index in [1.807, 2.05) is 48.5 Å². The highest BCUT2D eigenvalue weighted by Gasteiger charge is 2.21. The van der Waals surface area contributed by atoms with Gasteiger partial charge in [0, 0.05) is 49.0 Å². The maximum absolute atomic E-state index is 6.68. The number of aromatic nitrogens is 3. The number of hydrogen-bond donors (Lipinski definition) is 0. The molecule has 0 atom stereocenters. The van der Waals surface area contributed by atoms with Gasteiger partial charge < -0.3 is 13.3 Å². The highest BCUT2D eigenvalue weighted by atomic mass is 16.3. The number of rotatable bonds is 4. The lowest BCUT2D eigenvalue weighted by atomic mass is 9.97. The number of furan rings is 3. The first-order chi connectivity index (χ1) is 29.2. The SMILES string of the molecule is c1ccc2cc(-c3nc(-c4cccc5oc6ccccc6c45)nc(-c4cccc5oc6cc(-c7cccc8oc9cc%10ccccc%10cc9c78)ccc6c45)n3)ccc2c1. The standard InChI is InChI=1S/C53H29N3O3/c1-2-11-31-26-35(23-22-30(31)10-1)51-54-52(39-16-8-20-44-49(39)37-14-5-6-18-42(37)57-44)56-53(55-51)40-17-9-21-45-50(40)38-25-24-34(29-46(38)58-45)36-15-7-19-43-48(36)41-27-32-12-3-4-13-33(32)28-47(41)59-43/h1-29H. The Morgan fingerprint density at radius 3 is 1.47 bits per heavy atom. The third-order valence-electron chi connectivity index (χ3n) is 11.7. The van der Waals surface area contributed by atoms with Crippen molar-refractivity contribution < 1.29 is 13.3 Å². The fraction of sp³-hybridized carbons (Fsp3) is 0. The minimum Gasteiger partial charge on any atom is -0.456 e. The highest BCUT2D eigenvalue weighted by molar-refractivity contribution is 6.17. The van der Waals surface area contributed by atoms with E-state index in [0.717, 1.165) is 110 Å². The largest absolute Gasteiger partial charge is 0.456 e. The van der Waals surface area contributed by atoms with E-state index in [2.05, 4.69) is 127 Å². The summed E-state index contributed by atoms with van der Waals surface area (Å²) in [5, 5.41) is 10.7. The van der Waals surface area contributed by atoms with Gasteiger partial charge >= 0.3 is 0 Å². The van der Waals surface area contributed by atoms with Gasteiger partial charge in [0.1, 0.15) is 33.5 Å². The van der Waals surface area contributed by atoms with Crippen LogP contribution in [-0.2, 0) is 0 Å². The molecule has 6 nitrogen and oxygen atoms in total. The Labute approximate surface area is 335 Å². The van der Waals surface area contributed by atoms with Crippen LogP contribution < -0.4 is 0 Å². The molecular weight excluding hydrogens is 727 g/mol. The molecule has 0 saturated carbocycles. The minimum absolute atomic E-state index is 0.558. The van der Waals surface area contributed by atoms with Gasteiger partial charge in [-0.2, -0.15) is 0 Å². The quantitative estimate of drug-likeness (QED) is 0.178. The normalized spacial score (nSPS) is 12.1. The van der Waals surface area contributed by atoms with E-state index in [4.69, 9.17) is 28.2 Å². The van der Waals surface area contributed by atoms with Gasteiger partial charge in [-0.15, -0.1) is 0 Å². The number of benzene rings is 9. The molecule has 274 valence electrons. The van der Waals surface area contributed by atoms with Crippen LogP contribution in [0.15, 0.2) is 189 Å². The lowest BCUT2D eigenvalue weighted by Crippen LogP contribution is -2.00. The molecule has 0 bridgehead atoms. The molecule has 13 aromatic rings. The average molecular weight is 756 g/mol. The summed E-state index contributed by atoms with van der Waals surface area (Å²) >= 11 is 0. The summed E-state index contributed by atoms with van der Waals surface area (Å²) in [7, 11) is 0. The first-order valence-electron chi connectivity index (χ1n) is 19.7. The zero-order valence-corrected chi connectivity index (χ0v) is 31.3. The van der Waals surface area contributed by atoms with Crippen molar-refractivity contribution in [3.63, 3.8) is 0 Å². The Bertz CT molecular complexity index is 3870. The number of hydrogen-bond acceptors (Lipinski definition) is 6. The molecule has 9 aromatic carbocycles. The second kappa shape index (κ2) is 12.2.